The Hall–Kier alpha value is -6.16. The minimum Gasteiger partial charge on any atom is -0.510 e. The maximum absolute atomic E-state index is 14.1. The van der Waals surface area contributed by atoms with Gasteiger partial charge in [0.05, 0.1) is 32.5 Å². The molecular weight excluding hydrogens is 1470 g/mol. The number of carbonyl (C=O) groups is 7. The number of hydrogen-bond donors (Lipinski definition) is 18. The first kappa shape index (κ1) is 91.7. The minimum absolute atomic E-state index is 0.128. The summed E-state index contributed by atoms with van der Waals surface area (Å²) in [5.41, 5.74) is 12.0. The van der Waals surface area contributed by atoms with E-state index in [1.165, 1.54) is 18.1 Å². The summed E-state index contributed by atoms with van der Waals surface area (Å²) in [6.07, 6.45) is -35.4. The van der Waals surface area contributed by atoms with Crippen LogP contribution < -0.4 is 27.4 Å². The fourth-order valence-electron chi connectivity index (χ4n) is 12.6. The fraction of sp³-hybridized carbons (Fsp3) is 0.725. The van der Waals surface area contributed by atoms with Crippen LogP contribution in [0.5, 0.6) is 0 Å². The number of primary amides is 2. The van der Waals surface area contributed by atoms with Gasteiger partial charge in [0.2, 0.25) is 17.7 Å². The topological polar surface area (TPSA) is 608 Å². The van der Waals surface area contributed by atoms with Crippen molar-refractivity contribution in [3.8, 4) is 0 Å². The lowest BCUT2D eigenvalue weighted by atomic mass is 9.85. The number of Topliss-reactive ketones (excluding diaryl/α,β-unsaturated/α-hetero) is 1. The number of aliphatic hydroxyl groups is 11. The fourth-order valence-corrected chi connectivity index (χ4v) is 13.5. The van der Waals surface area contributed by atoms with Crippen molar-refractivity contribution >= 4 is 49.3 Å². The highest BCUT2D eigenvalue weighted by atomic mass is 31.2. The Labute approximate surface area is 628 Å². The van der Waals surface area contributed by atoms with Gasteiger partial charge >= 0.3 is 19.9 Å². The molecule has 109 heavy (non-hydrogen) atoms. The van der Waals surface area contributed by atoms with Crippen LogP contribution in [-0.2, 0) is 94.5 Å². The molecule has 0 aromatic carbocycles. The van der Waals surface area contributed by atoms with E-state index in [2.05, 4.69) is 75.4 Å². The molecule has 0 radical (unpaired) electrons. The highest BCUT2D eigenvalue weighted by molar-refractivity contribution is 7.47. The molecule has 6 aliphatic rings. The van der Waals surface area contributed by atoms with Crippen molar-refractivity contribution in [2.75, 3.05) is 26.4 Å². The standard InChI is InChI=1S/C69H108N5O34P/c1-30(2)15-14-17-31(3)18-19-33(5)22-25-68(9,10)24-13-12-16-32(4)23-26-96-41(61(90)91)29-98-109(94,95)108-66-56(57(107-67(71)92)69(11,93)58(106-66)59(70)88)105-63-44(73-36(8)77)47(82)54(40(101-63)28-97-64-51(86)48(83)45(80)39(27-75)100-64)103-62-43(72-35(7)76)46(81)53(34(6)99-62)102-65-52(87)49(84)50(85)55(104-65)60(89)74-42-37(78)20-21-38(42)79/h13,15,18,23-24,34,39-41,43-58,62-66,75,78,80-87,93H,5,12,14,16-17,19-22,25-29H2,1-4,6-11H3,(H2,70,88)(H2,71,92)(H,72,76)(H,73,77)(H,74,89)(H,90,91)(H,94,95)/b24-13+,31-18+,32-23+/t34?,39?,40?,41-,43?,44?,45-,46?,47?,48?,49?,50-,51?,52?,53-,54-,55-,56?,57-,58?,62+,63+,64-,65-,66-,69+/m1/s1. The Morgan fingerprint density at radius 2 is 1.29 bits per heavy atom. The van der Waals surface area contributed by atoms with Crippen molar-refractivity contribution in [3.63, 3.8) is 0 Å². The molecule has 5 amide bonds. The van der Waals surface area contributed by atoms with E-state index in [4.69, 9.17) is 72.6 Å². The van der Waals surface area contributed by atoms with Crippen molar-refractivity contribution in [2.45, 2.75) is 286 Å². The van der Waals surface area contributed by atoms with Crippen molar-refractivity contribution in [1.29, 1.82) is 0 Å². The highest BCUT2D eigenvalue weighted by Crippen LogP contribution is 2.49. The van der Waals surface area contributed by atoms with Crippen LogP contribution in [0.4, 0.5) is 4.79 Å². The van der Waals surface area contributed by atoms with E-state index in [0.29, 0.717) is 12.8 Å². The molecule has 20 N–H and O–H groups in total. The molecule has 618 valence electrons. The number of carboxylic acids is 1. The lowest BCUT2D eigenvalue weighted by Crippen LogP contribution is -2.72. The smallest absolute Gasteiger partial charge is 0.474 e. The number of aliphatic carboxylic acids is 1. The number of phosphoric acid groups is 1. The van der Waals surface area contributed by atoms with Crippen LogP contribution >= 0.6 is 7.82 Å². The number of phosphoric ester groups is 1. The molecule has 40 heteroatoms. The van der Waals surface area contributed by atoms with E-state index in [1.807, 2.05) is 6.08 Å². The van der Waals surface area contributed by atoms with Gasteiger partial charge in [-0.05, 0) is 91.9 Å². The lowest BCUT2D eigenvalue weighted by Gasteiger charge is -2.52. The number of aliphatic hydroxyl groups excluding tert-OH is 10. The number of amides is 5. The number of rotatable bonds is 37. The molecule has 6 rings (SSSR count). The Kier molecular flexibility index (Phi) is 34.1. The van der Waals surface area contributed by atoms with Gasteiger partial charge in [-0.1, -0.05) is 73.1 Å². The molecule has 1 aliphatic carbocycles. The third-order valence-corrected chi connectivity index (χ3v) is 19.9. The molecule has 5 heterocycles. The van der Waals surface area contributed by atoms with Crippen LogP contribution in [0.1, 0.15) is 127 Å². The van der Waals surface area contributed by atoms with E-state index < -0.39 is 240 Å². The molecule has 5 saturated heterocycles. The average Bonchev–Trinajstić information content (AvgIpc) is 1.80. The predicted octanol–water partition coefficient (Wildman–Crippen LogP) is -2.03. The summed E-state index contributed by atoms with van der Waals surface area (Å²) in [6.45, 7) is 16.8. The van der Waals surface area contributed by atoms with Gasteiger partial charge in [-0.3, -0.25) is 33.0 Å². The molecule has 0 aromatic heterocycles. The monoisotopic (exact) mass is 1580 g/mol. The van der Waals surface area contributed by atoms with Crippen LogP contribution in [0.25, 0.3) is 0 Å². The van der Waals surface area contributed by atoms with Gasteiger partial charge in [0.15, 0.2) is 67.8 Å². The summed E-state index contributed by atoms with van der Waals surface area (Å²) in [5.74, 6) is -7.66. The van der Waals surface area contributed by atoms with Crippen LogP contribution in [-0.4, -0.2) is 293 Å². The number of hydrogen-bond acceptors (Lipinski definition) is 32. The van der Waals surface area contributed by atoms with Crippen molar-refractivity contribution in [3.05, 3.63) is 70.7 Å². The normalized spacial score (nSPS) is 35.6. The van der Waals surface area contributed by atoms with Gasteiger partial charge in [-0.15, -0.1) is 0 Å². The van der Waals surface area contributed by atoms with Gasteiger partial charge in [-0.25, -0.2) is 14.2 Å². The van der Waals surface area contributed by atoms with E-state index in [1.54, 1.807) is 13.0 Å². The first-order valence-electron chi connectivity index (χ1n) is 35.4. The zero-order valence-corrected chi connectivity index (χ0v) is 63.1. The maximum Gasteiger partial charge on any atom is 0.474 e. The molecule has 0 aromatic rings. The molecule has 0 bridgehead atoms. The second-order valence-corrected chi connectivity index (χ2v) is 30.3. The number of ketones is 1. The first-order chi connectivity index (χ1) is 50.9. The van der Waals surface area contributed by atoms with Crippen LogP contribution in [0.15, 0.2) is 70.7 Å². The molecule has 5 fully saturated rings. The molecule has 39 nitrogen and oxygen atoms in total. The second kappa shape index (κ2) is 40.5. The van der Waals surface area contributed by atoms with E-state index in [-0.39, 0.29) is 24.9 Å². The molecule has 5 aliphatic heterocycles. The largest absolute Gasteiger partial charge is 0.510 e. The van der Waals surface area contributed by atoms with Gasteiger partial charge in [0.1, 0.15) is 102 Å². The average molecular weight is 1580 g/mol. The van der Waals surface area contributed by atoms with Gasteiger partial charge < -0.3 is 146 Å². The van der Waals surface area contributed by atoms with Gasteiger partial charge in [-0.2, -0.15) is 0 Å². The van der Waals surface area contributed by atoms with Crippen LogP contribution in [0, 0.1) is 5.41 Å². The van der Waals surface area contributed by atoms with E-state index in [9.17, 15) is 104 Å². The molecule has 27 atom stereocenters. The minimum atomic E-state index is -5.85. The Bertz CT molecular complexity index is 3360. The summed E-state index contributed by atoms with van der Waals surface area (Å²) in [5, 5.41) is 139. The third kappa shape index (κ3) is 25.4. The predicted molar refractivity (Wildman–Crippen MR) is 372 cm³/mol. The molecule has 0 spiro atoms. The zero-order chi connectivity index (χ0) is 81.5. The molecule has 14 unspecified atom stereocenters. The molecular formula is C69H108N5O34P. The van der Waals surface area contributed by atoms with Crippen LogP contribution in [0.2, 0.25) is 0 Å². The van der Waals surface area contributed by atoms with Gasteiger partial charge in [0.25, 0.3) is 5.91 Å². The van der Waals surface area contributed by atoms with E-state index >= 15 is 0 Å². The zero-order valence-electron chi connectivity index (χ0n) is 62.2. The van der Waals surface area contributed by atoms with Gasteiger partial charge in [0, 0.05) is 26.7 Å². The van der Waals surface area contributed by atoms with Crippen molar-refractivity contribution in [2.24, 2.45) is 16.9 Å². The Morgan fingerprint density at radius 3 is 1.88 bits per heavy atom. The summed E-state index contributed by atoms with van der Waals surface area (Å²) in [6, 6.07) is -4.00. The number of ether oxygens (including phenoxy) is 11. The summed E-state index contributed by atoms with van der Waals surface area (Å²) < 4.78 is 88.9. The van der Waals surface area contributed by atoms with Crippen LogP contribution in [0.3, 0.4) is 0 Å². The summed E-state index contributed by atoms with van der Waals surface area (Å²) in [7, 11) is -5.85. The van der Waals surface area contributed by atoms with Crippen molar-refractivity contribution < 1.29 is 165 Å². The van der Waals surface area contributed by atoms with E-state index in [0.717, 1.165) is 64.0 Å². The first-order valence-corrected chi connectivity index (χ1v) is 36.9. The Balaban J connectivity index is 1.25. The maximum atomic E-state index is 14.1. The number of allylic oxidation sites excluding steroid dienone is 10. The Morgan fingerprint density at radius 1 is 0.716 bits per heavy atom. The SMILES string of the molecule is C=C(C/C=C(\C)CCC=C(C)C)CCC(C)(C)/C=C/CC/C(C)=C/CO[C@H](COP(=O)(O)O[C@H]1OC(C(N)=O)[C@@](C)(O)[C@H](OC(N)=O)C1O[C@@H]1OC(CO[C@@H]2OC(CO)[C@@H](O)C(O)C2O)[C@@H](O[C@@H]2OC(C)[C@@H](O[C@@H]3O[C@@H](C(=O)NC4=C(O)CCC4=O)[C@H](O)C(O)C3O)C(O)C2NC(C)=O)C(O)C1NC(C)=O)C(=O)O. The number of carboxylic acid groups (broad SMARTS) is 1. The summed E-state index contributed by atoms with van der Waals surface area (Å²) >= 11 is 0. The quantitative estimate of drug-likeness (QED) is 0.0236. The number of nitrogens with one attached hydrogen (secondary N) is 3. The van der Waals surface area contributed by atoms with Crippen molar-refractivity contribution in [1.82, 2.24) is 16.0 Å². The highest BCUT2D eigenvalue weighted by Gasteiger charge is 2.62. The molecule has 0 saturated carbocycles. The lowest BCUT2D eigenvalue weighted by molar-refractivity contribution is -0.375. The number of nitrogens with two attached hydrogens (primary N) is 2. The second-order valence-electron chi connectivity index (χ2n) is 28.9. The third-order valence-electron chi connectivity index (χ3n) is 18.9. The number of carbonyl (C=O) groups excluding carboxylic acids is 6. The summed E-state index contributed by atoms with van der Waals surface area (Å²) in [4.78, 5) is 102.